The minimum absolute atomic E-state index is 0.0881. The Morgan fingerprint density at radius 1 is 0.861 bits per heavy atom. The number of rotatable bonds is 10. The van der Waals surface area contributed by atoms with E-state index in [4.69, 9.17) is 50.5 Å². The minimum atomic E-state index is -1.42. The summed E-state index contributed by atoms with van der Waals surface area (Å²) < 4.78 is 45.0. The molecule has 1 amide bonds. The van der Waals surface area contributed by atoms with Gasteiger partial charge in [-0.1, -0.05) is 70.4 Å². The highest BCUT2D eigenvalue weighted by Crippen LogP contribution is 2.58. The van der Waals surface area contributed by atoms with Gasteiger partial charge in [-0.15, -0.1) is 0 Å². The van der Waals surface area contributed by atoms with Crippen molar-refractivity contribution < 1.29 is 67.7 Å². The van der Waals surface area contributed by atoms with Gasteiger partial charge in [0.25, 0.3) is 5.91 Å². The molecule has 0 aromatic heterocycles. The van der Waals surface area contributed by atoms with Gasteiger partial charge in [-0.05, 0) is 120 Å². The molecule has 0 radical (unpaired) electrons. The number of aliphatic hydroxyl groups excluding tert-OH is 1. The lowest BCUT2D eigenvalue weighted by Gasteiger charge is -2.53. The van der Waals surface area contributed by atoms with Gasteiger partial charge in [0.05, 0.1) is 64.7 Å². The standard InChI is InChI=1S/C60H77ClN4O14/c1-9-32-24-57(6)25-38(55(69)70)28(2)23-60(57)26-39(54(68)65-60)51(67)59(8)33(19-43(32)66)13-15-35-40(59)11-10-12-45(35)77-47-18-17-44(29(3)73-47)76-49-27-58(7,72)52(31(5)75-49)79-48-22-46(50(62)30(4)74-48)78-56(71)42-21-37-36-20-34(61)14-16-41(36)63-53(37)64-42/h13-16,20-21,25-26,28-33,35,40,43-50,52,66,72H,9-12,17-19,22-24,27,62H2,1-8H3,(H,65,68)(H,69,70)/t28-,29+,30-,31-,32-,33+,35-,40+,43-,44+,45-,46-,47-,48+,49+,50+,52-,57+,58+,59+,60-/m0/s1. The predicted octanol–water partition coefficient (Wildman–Crippen LogP) is 5.57. The number of nitrogens with one attached hydrogen (secondary N) is 1. The maximum Gasteiger partial charge on any atom is 0.357 e. The number of nitrogens with two attached hydrogens (primary N) is 1. The number of carbonyl (C=O) groups is 4. The summed E-state index contributed by atoms with van der Waals surface area (Å²) in [5, 5.41) is 39.6. The maximum absolute atomic E-state index is 15.4. The molecule has 18 nitrogen and oxygen atoms in total. The molecule has 4 aliphatic carbocycles. The van der Waals surface area contributed by atoms with E-state index in [1.54, 1.807) is 44.2 Å². The van der Waals surface area contributed by atoms with Gasteiger partial charge >= 0.3 is 11.9 Å². The van der Waals surface area contributed by atoms with Crippen LogP contribution in [0.5, 0.6) is 0 Å². The van der Waals surface area contributed by atoms with Crippen molar-refractivity contribution in [2.24, 2.45) is 56.1 Å². The average Bonchev–Trinajstić information content (AvgIpc) is 3.81. The van der Waals surface area contributed by atoms with E-state index in [0.29, 0.717) is 55.0 Å². The third kappa shape index (κ3) is 10.0. The van der Waals surface area contributed by atoms with Crippen molar-refractivity contribution in [3.63, 3.8) is 0 Å². The topological polar surface area (TPSA) is 256 Å². The smallest absolute Gasteiger partial charge is 0.357 e. The number of fused-ring (bicyclic) bond motifs is 5. The molecule has 1 aromatic carbocycles. The van der Waals surface area contributed by atoms with Crippen LogP contribution in [-0.2, 0) is 52.3 Å². The average molecular weight is 1110 g/mol. The number of allylic oxidation sites excluding steroid dienone is 1. The molecular weight excluding hydrogens is 1040 g/mol. The number of carbonyl (C=O) groups excluding carboxylic acids is 3. The van der Waals surface area contributed by atoms with Crippen LogP contribution in [0.15, 0.2) is 75.4 Å². The van der Waals surface area contributed by atoms with Crippen molar-refractivity contribution in [2.75, 3.05) is 0 Å². The second-order valence-electron chi connectivity index (χ2n) is 25.1. The molecule has 428 valence electrons. The fourth-order valence-corrected chi connectivity index (χ4v) is 15.5. The number of esters is 1. The summed E-state index contributed by atoms with van der Waals surface area (Å²) in [4.78, 5) is 64.6. The first-order chi connectivity index (χ1) is 37.4. The number of halogens is 1. The number of carboxylic acids is 1. The summed E-state index contributed by atoms with van der Waals surface area (Å²) in [6.45, 7) is 15.0. The van der Waals surface area contributed by atoms with E-state index < -0.39 is 101 Å². The number of ketones is 1. The Bertz CT molecular complexity index is 2960. The van der Waals surface area contributed by atoms with Crippen molar-refractivity contribution >= 4 is 46.6 Å². The van der Waals surface area contributed by atoms with E-state index in [0.717, 1.165) is 29.8 Å². The number of Topliss-reactive ketones (excluding diaryl/α,β-unsaturated/α-hetero) is 1. The number of benzene rings is 1. The predicted molar refractivity (Wildman–Crippen MR) is 288 cm³/mol. The largest absolute Gasteiger partial charge is 0.478 e. The first-order valence-corrected chi connectivity index (χ1v) is 29.0. The van der Waals surface area contributed by atoms with Crippen molar-refractivity contribution in [2.45, 2.75) is 211 Å². The quantitative estimate of drug-likeness (QED) is 0.109. The zero-order chi connectivity index (χ0) is 56.2. The van der Waals surface area contributed by atoms with Gasteiger partial charge in [0.2, 0.25) is 0 Å². The molecule has 6 N–H and O–H groups in total. The Labute approximate surface area is 465 Å². The molecular formula is C60H77ClN4O14. The molecule has 6 aliphatic heterocycles. The maximum atomic E-state index is 15.4. The summed E-state index contributed by atoms with van der Waals surface area (Å²) in [7, 11) is 0. The van der Waals surface area contributed by atoms with Gasteiger partial charge in [0.1, 0.15) is 12.2 Å². The zero-order valence-electron chi connectivity index (χ0n) is 46.4. The van der Waals surface area contributed by atoms with Gasteiger partial charge in [-0.2, -0.15) is 0 Å². The second-order valence-corrected chi connectivity index (χ2v) is 25.5. The van der Waals surface area contributed by atoms with Crippen molar-refractivity contribution in [1.29, 1.82) is 0 Å². The van der Waals surface area contributed by atoms with Crippen LogP contribution in [0.2, 0.25) is 5.02 Å². The lowest BCUT2D eigenvalue weighted by molar-refractivity contribution is -0.339. The highest BCUT2D eigenvalue weighted by Gasteiger charge is 2.61. The Balaban J connectivity index is 0.717. The molecule has 4 fully saturated rings. The summed E-state index contributed by atoms with van der Waals surface area (Å²) in [5.41, 5.74) is 3.39. The van der Waals surface area contributed by atoms with Crippen molar-refractivity contribution in [1.82, 2.24) is 5.32 Å². The third-order valence-electron chi connectivity index (χ3n) is 19.8. The normalized spacial score (nSPS) is 44.5. The summed E-state index contributed by atoms with van der Waals surface area (Å²) in [6, 6.07) is 4.68. The first-order valence-electron chi connectivity index (χ1n) is 28.6. The number of hydrogen-bond donors (Lipinski definition) is 5. The summed E-state index contributed by atoms with van der Waals surface area (Å²) in [6.07, 6.45) is 7.95. The van der Waals surface area contributed by atoms with Gasteiger partial charge in [-0.25, -0.2) is 19.6 Å². The second kappa shape index (κ2) is 21.1. The van der Waals surface area contributed by atoms with Crippen LogP contribution in [0.25, 0.3) is 5.57 Å². The van der Waals surface area contributed by atoms with E-state index in [1.165, 1.54) is 0 Å². The fraction of sp³-hybridized carbons (Fsp3) is 0.667. The van der Waals surface area contributed by atoms with Gasteiger partial charge in [-0.3, -0.25) is 9.59 Å². The molecule has 21 atom stereocenters. The molecule has 1 saturated carbocycles. The van der Waals surface area contributed by atoms with Crippen LogP contribution in [0.3, 0.4) is 0 Å². The summed E-state index contributed by atoms with van der Waals surface area (Å²) >= 11 is 6.23. The highest BCUT2D eigenvalue weighted by molar-refractivity contribution is 6.31. The van der Waals surface area contributed by atoms with Crippen LogP contribution in [0.1, 0.15) is 126 Å². The number of amides is 1. The molecule has 0 unspecified atom stereocenters. The van der Waals surface area contributed by atoms with E-state index >= 15 is 4.79 Å². The Kier molecular flexibility index (Phi) is 15.0. The monoisotopic (exact) mass is 1110 g/mol. The van der Waals surface area contributed by atoms with E-state index in [2.05, 4.69) is 27.5 Å². The van der Waals surface area contributed by atoms with E-state index in [1.807, 2.05) is 47.6 Å². The van der Waals surface area contributed by atoms with E-state index in [9.17, 15) is 29.7 Å². The van der Waals surface area contributed by atoms with Crippen molar-refractivity contribution in [3.8, 4) is 0 Å². The molecule has 19 heteroatoms. The molecule has 3 saturated heterocycles. The van der Waals surface area contributed by atoms with Gasteiger partial charge < -0.3 is 59.5 Å². The minimum Gasteiger partial charge on any atom is -0.478 e. The highest BCUT2D eigenvalue weighted by atomic mass is 35.5. The number of aliphatic hydroxyl groups is 2. The van der Waals surface area contributed by atoms with Gasteiger partial charge in [0.15, 0.2) is 36.2 Å². The molecule has 79 heavy (non-hydrogen) atoms. The lowest BCUT2D eigenvalue weighted by atomic mass is 9.52. The number of nitrogens with zero attached hydrogens (tertiary/aromatic N) is 2. The number of carboxylic acid groups (broad SMARTS) is 1. The lowest BCUT2D eigenvalue weighted by Crippen LogP contribution is -2.60. The SMILES string of the molecule is CC[C@H]1C[C@]2(C)C=C(C(=O)O)[C@@H](C)C[C@]23C=C(C(=O)N3)C(=O)[C@]2(C)[C@H](C=C[C@@H]3[C@@H](O[C@H]4CC[C@@H](O[C@@H]5C[C@@](C)(O)[C@@H](O[C@@H]6C[C@H](OC(=O)C7=CC8=c9cc(Cl)ccc9=NC8=N7)[C@H](N)[C@H](C)O6)[C@H](C)O5)[C@@H](C)O4)CCC[C@H]32)C[C@@H]1O. The Morgan fingerprint density at radius 3 is 2.34 bits per heavy atom. The van der Waals surface area contributed by atoms with Crippen LogP contribution < -0.4 is 21.6 Å². The Morgan fingerprint density at radius 2 is 1.61 bits per heavy atom. The first kappa shape index (κ1) is 56.4. The zero-order valence-corrected chi connectivity index (χ0v) is 47.1. The van der Waals surface area contributed by atoms with Crippen LogP contribution in [0, 0.1) is 40.4 Å². The molecule has 10 aliphatic rings. The molecule has 6 heterocycles. The Hall–Kier alpha value is -4.47. The van der Waals surface area contributed by atoms with Crippen LogP contribution in [-0.4, -0.2) is 130 Å². The molecule has 11 rings (SSSR count). The van der Waals surface area contributed by atoms with Crippen LogP contribution in [0.4, 0.5) is 0 Å². The molecule has 1 aromatic rings. The van der Waals surface area contributed by atoms with E-state index in [-0.39, 0.29) is 77.3 Å². The molecule has 2 bridgehead atoms. The number of ether oxygens (including phenoxy) is 7. The van der Waals surface area contributed by atoms with Crippen LogP contribution >= 0.6 is 11.6 Å². The fourth-order valence-electron chi connectivity index (χ4n) is 15.3. The van der Waals surface area contributed by atoms with Crippen molar-refractivity contribution in [3.05, 3.63) is 81.0 Å². The number of aliphatic carboxylic acids is 1. The number of amidine groups is 1. The summed E-state index contributed by atoms with van der Waals surface area (Å²) in [5.74, 6) is -3.21. The third-order valence-corrected chi connectivity index (χ3v) is 20.1. The number of aliphatic imine (C=N–C) groups is 1. The molecule has 1 spiro atoms. The number of hydrogen-bond acceptors (Lipinski definition) is 16. The van der Waals surface area contributed by atoms with Gasteiger partial charge in [0, 0.05) is 57.4 Å².